The number of aliphatic hydroxyl groups is 1. The summed E-state index contributed by atoms with van der Waals surface area (Å²) in [6, 6.07) is 40.3. The monoisotopic (exact) mass is 1900 g/mol. The van der Waals surface area contributed by atoms with E-state index < -0.39 is 101 Å². The number of Topliss-reactive ketones (excluding diaryl/α,β-unsaturated/α-hetero) is 4. The molecule has 0 saturated heterocycles. The predicted octanol–water partition coefficient (Wildman–Crippen LogP) is 17.0. The van der Waals surface area contributed by atoms with Gasteiger partial charge >= 0.3 is 128 Å². The smallest absolute Gasteiger partial charge is 0.278 e. The first-order valence-corrected chi connectivity index (χ1v) is 47.4. The molecule has 6 aromatic heterocycles. The molecule has 3 saturated carbocycles. The maximum absolute atomic E-state index is 14.1. The van der Waals surface area contributed by atoms with Crippen molar-refractivity contribution < 1.29 is 89.3 Å². The van der Waals surface area contributed by atoms with Gasteiger partial charge < -0.3 is 19.8 Å². The molecule has 26 nitrogen and oxygen atoms in total. The van der Waals surface area contributed by atoms with Gasteiger partial charge in [0.15, 0.2) is 0 Å². The molecule has 7 aliphatic rings. The molecule has 3 aliphatic carbocycles. The molecular weight excluding hydrogens is 1810 g/mol. The van der Waals surface area contributed by atoms with Crippen molar-refractivity contribution in [3.05, 3.63) is 265 Å². The number of halogens is 9. The van der Waals surface area contributed by atoms with Gasteiger partial charge in [0.25, 0.3) is 17.3 Å². The number of aromatic nitrogens is 9. The van der Waals surface area contributed by atoms with E-state index >= 15 is 0 Å². The third-order valence-electron chi connectivity index (χ3n) is 22.8. The molecule has 17 rings (SSSR count). The minimum atomic E-state index is -6.03. The molecule has 1 N–H and O–H groups in total. The van der Waals surface area contributed by atoms with E-state index in [0.29, 0.717) is 58.0 Å². The van der Waals surface area contributed by atoms with E-state index in [4.69, 9.17) is 27.2 Å². The Bertz CT molecular complexity index is 5810. The first kappa shape index (κ1) is 93.6. The number of nitrogens with zero attached hydrogens (tertiary/aromatic N) is 13. The summed E-state index contributed by atoms with van der Waals surface area (Å²) >= 11 is -11.0. The Hall–Kier alpha value is -12.0. The molecule has 10 aromatic rings. The summed E-state index contributed by atoms with van der Waals surface area (Å²) < 4.78 is 124. The first-order chi connectivity index (χ1) is 60.8. The van der Waals surface area contributed by atoms with Crippen molar-refractivity contribution in [3.63, 3.8) is 0 Å². The number of benzene rings is 4. The summed E-state index contributed by atoms with van der Waals surface area (Å²) in [6.07, 6.45) is 9.99. The first-order valence-electron chi connectivity index (χ1n) is 41.5. The number of fused-ring (bicyclic) bond motifs is 4. The molecule has 36 heteroatoms. The molecule has 0 amide bonds. The van der Waals surface area contributed by atoms with Crippen molar-refractivity contribution in [1.29, 1.82) is 0 Å². The van der Waals surface area contributed by atoms with E-state index in [1.165, 1.54) is 80.6 Å². The number of anilines is 6. The van der Waals surface area contributed by atoms with Gasteiger partial charge in [-0.05, 0) is 180 Å². The molecule has 0 unspecified atom stereocenters. The SMILES string of the molecule is CC(=O)OI1(OC(C)=O)(OC(C)=O)OC(=O)c2ccccc21.CCN(CC)S(F)(F)F.Cc1nccc(N2CCCc3nc(C4(C(=O)Cc5ccc(F)cc5)CC(=O)C4)ccc32)n1.Cc1nccc(N2CCCc3nc(C4(C(=O)Cc5ccc(F)cc5)CC(F)(F)C4)ccc32)n1.Cc1nccc(N2CCCc3nc(C4(C(=O)Cc5ccc(F)cc5)CC(O)C4)ccc32)n1. The van der Waals surface area contributed by atoms with Crippen LogP contribution in [0.2, 0.25) is 0 Å². The van der Waals surface area contributed by atoms with Gasteiger partial charge in [-0.15, -0.1) is 11.7 Å². The molecule has 4 aromatic carbocycles. The molecule has 0 atom stereocenters. The molecule has 3 fully saturated rings. The maximum Gasteiger partial charge on any atom is 0.278 e. The molecule has 0 spiro atoms. The van der Waals surface area contributed by atoms with E-state index in [1.807, 2.05) is 74.2 Å². The van der Waals surface area contributed by atoms with Gasteiger partial charge in [0.2, 0.25) is 0 Å². The largest absolute Gasteiger partial charge is 0.393 e. The number of pyridine rings is 3. The van der Waals surface area contributed by atoms with Crippen LogP contribution in [0.3, 0.4) is 0 Å². The van der Waals surface area contributed by atoms with E-state index in [9.17, 15) is 77.1 Å². The second kappa shape index (κ2) is 38.5. The van der Waals surface area contributed by atoms with Crippen molar-refractivity contribution in [2.75, 3.05) is 47.4 Å². The number of carbonyl (C=O) groups excluding carboxylic acids is 8. The zero-order valence-corrected chi connectivity index (χ0v) is 74.3. The van der Waals surface area contributed by atoms with Crippen molar-refractivity contribution in [1.82, 2.24) is 49.2 Å². The second-order valence-electron chi connectivity index (χ2n) is 32.0. The van der Waals surface area contributed by atoms with Gasteiger partial charge in [0.05, 0.1) is 73.6 Å². The number of hydrogen-bond acceptors (Lipinski definition) is 26. The fourth-order valence-electron chi connectivity index (χ4n) is 16.7. The van der Waals surface area contributed by atoms with Gasteiger partial charge in [-0.3, -0.25) is 34.1 Å². The molecule has 674 valence electrons. The number of aryl methyl sites for hydroxylation is 6. The summed E-state index contributed by atoms with van der Waals surface area (Å²) in [6.45, 7) is 14.2. The van der Waals surface area contributed by atoms with Crippen LogP contribution in [0.5, 0.6) is 0 Å². The van der Waals surface area contributed by atoms with Crippen LogP contribution in [0.4, 0.5) is 68.1 Å². The summed E-state index contributed by atoms with van der Waals surface area (Å²) in [4.78, 5) is 146. The van der Waals surface area contributed by atoms with E-state index in [-0.39, 0.29) is 89.1 Å². The zero-order chi connectivity index (χ0) is 91.9. The Morgan fingerprint density at radius 1 is 0.484 bits per heavy atom. The fourth-order valence-corrected chi connectivity index (χ4v) is 25.1. The minimum Gasteiger partial charge on any atom is -0.393 e. The molecule has 0 radical (unpaired) electrons. The van der Waals surface area contributed by atoms with Crippen molar-refractivity contribution in [2.45, 2.75) is 180 Å². The van der Waals surface area contributed by atoms with Crippen LogP contribution in [0.25, 0.3) is 0 Å². The van der Waals surface area contributed by atoms with Crippen LogP contribution in [0.1, 0.15) is 171 Å². The Morgan fingerprint density at radius 2 is 0.828 bits per heavy atom. The predicted molar refractivity (Wildman–Crippen MR) is 467 cm³/mol. The Morgan fingerprint density at radius 3 is 1.15 bits per heavy atom. The van der Waals surface area contributed by atoms with Crippen molar-refractivity contribution in [2.24, 2.45) is 0 Å². The van der Waals surface area contributed by atoms with Crippen LogP contribution in [0, 0.1) is 41.8 Å². The standard InChI is InChI=1S/C25H23F3N4O.C25H25FN4O2.C25H23FN4O2.C13H13IO8.C4H10F3NS/c1-16-29-11-10-23(30-16)32-12-2-3-19-20(32)8-9-21(31-19)24(14-25(27,28)15-24)22(33)13-17-4-6-18(26)7-5-17;2*1-16-27-11-10-24(28-16)30-12-2-3-20-21(30)8-9-22(29-20)25(14-19(31)15-25)23(32)13-17-4-6-18(26)7-5-17;1-8(15)19-14(20-9(2)16,21-10(3)17)12-7-5-4-6-11(12)13(18)22-14;1-3-8(4-2)9(5,6)7/h4-11H,2-3,12-15H2,1H3;4-11,19,31H,2-3,12-15H2,1H3;4-11H,2-3,12-15H2,1H3;4-7H,1-3H3;3-4H2,1-2H3. The number of carbonyl (C=O) groups is 8. The quantitative estimate of drug-likeness (QED) is 0.0516. The molecule has 4 aliphatic heterocycles. The van der Waals surface area contributed by atoms with Crippen molar-refractivity contribution in [3.8, 4) is 0 Å². The van der Waals surface area contributed by atoms with Crippen LogP contribution >= 0.6 is 30.1 Å². The van der Waals surface area contributed by atoms with E-state index in [1.54, 1.807) is 55.0 Å². The van der Waals surface area contributed by atoms with Crippen LogP contribution < -0.4 is 14.7 Å². The third kappa shape index (κ3) is 20.6. The summed E-state index contributed by atoms with van der Waals surface area (Å²) in [5.41, 5.74) is 6.33. The molecule has 10 heterocycles. The maximum atomic E-state index is 14.1. The Labute approximate surface area is 738 Å². The number of hydrogen-bond donors (Lipinski definition) is 1. The van der Waals surface area contributed by atoms with Gasteiger partial charge in [-0.25, -0.2) is 51.9 Å². The number of alkyl halides is 2. The summed E-state index contributed by atoms with van der Waals surface area (Å²) in [5, 5.41) is 10.1. The Balaban J connectivity index is 0.000000142. The topological polar surface area (TPSA) is 323 Å². The molecule has 128 heavy (non-hydrogen) atoms. The van der Waals surface area contributed by atoms with Crippen LogP contribution in [-0.2, 0) is 101 Å². The van der Waals surface area contributed by atoms with Crippen LogP contribution in [-0.4, -0.2) is 146 Å². The van der Waals surface area contributed by atoms with Crippen molar-refractivity contribution >= 4 is 112 Å². The number of rotatable bonds is 21. The summed E-state index contributed by atoms with van der Waals surface area (Å²) in [5.74, 6) is -3.38. The zero-order valence-electron chi connectivity index (χ0n) is 71.4. The van der Waals surface area contributed by atoms with Gasteiger partial charge in [-0.2, -0.15) is 4.31 Å². The summed E-state index contributed by atoms with van der Waals surface area (Å²) in [7, 11) is 0. The van der Waals surface area contributed by atoms with E-state index in [0.717, 1.165) is 141 Å². The minimum absolute atomic E-state index is 0.0142. The normalized spacial score (nSPS) is 18.8. The Kier molecular flexibility index (Phi) is 28.1. The second-order valence-corrected chi connectivity index (χ2v) is 40.1. The van der Waals surface area contributed by atoms with Crippen LogP contribution in [0.15, 0.2) is 170 Å². The average molecular weight is 1900 g/mol. The average Bonchev–Trinajstić information content (AvgIpc) is 1.55. The van der Waals surface area contributed by atoms with Gasteiger partial charge in [0, 0.05) is 96.3 Å². The van der Waals surface area contributed by atoms with Gasteiger partial charge in [0.1, 0.15) is 75.5 Å². The molecular formula is C92H94F8IN13O13S. The number of ketones is 4. The third-order valence-corrected chi connectivity index (χ3v) is 32.0. The van der Waals surface area contributed by atoms with E-state index in [2.05, 4.69) is 39.7 Å². The fraction of sp³-hybridized carbons (Fsp3) is 0.359. The van der Waals surface area contributed by atoms with Gasteiger partial charge in [-0.1, -0.05) is 50.2 Å². The molecule has 0 bridgehead atoms. The number of aliphatic hydroxyl groups excluding tert-OH is 1.